The Kier molecular flexibility index (Phi) is 2.18. The third-order valence-electron chi connectivity index (χ3n) is 2.03. The molecule has 0 bridgehead atoms. The Morgan fingerprint density at radius 3 is 2.47 bits per heavy atom. The molecule has 1 heterocycles. The van der Waals surface area contributed by atoms with Gasteiger partial charge >= 0.3 is 6.18 Å². The van der Waals surface area contributed by atoms with E-state index in [1.807, 2.05) is 0 Å². The average molecular weight is 280 g/mol. The van der Waals surface area contributed by atoms with Crippen molar-refractivity contribution in [3.63, 3.8) is 0 Å². The van der Waals surface area contributed by atoms with Gasteiger partial charge in [-0.15, -0.1) is 0 Å². The van der Waals surface area contributed by atoms with Gasteiger partial charge in [0, 0.05) is 9.86 Å². The van der Waals surface area contributed by atoms with Gasteiger partial charge in [-0.3, -0.25) is 0 Å². The van der Waals surface area contributed by atoms with Crippen LogP contribution in [0.5, 0.6) is 5.75 Å². The van der Waals surface area contributed by atoms with Crippen molar-refractivity contribution in [2.75, 3.05) is 0 Å². The van der Waals surface area contributed by atoms with Gasteiger partial charge in [0.05, 0.1) is 5.52 Å². The third-order valence-corrected chi connectivity index (χ3v) is 2.69. The molecule has 1 aromatic heterocycles. The number of fused-ring (bicyclic) bond motifs is 1. The summed E-state index contributed by atoms with van der Waals surface area (Å²) >= 11 is 3.10. The number of hydrogen-bond donors (Lipinski definition) is 2. The molecule has 2 N–H and O–H groups in total. The fourth-order valence-corrected chi connectivity index (χ4v) is 1.77. The number of benzene rings is 1. The summed E-state index contributed by atoms with van der Waals surface area (Å²) in [6, 6.07) is 3.70. The Bertz CT molecular complexity index is 479. The van der Waals surface area contributed by atoms with Crippen molar-refractivity contribution >= 4 is 26.8 Å². The van der Waals surface area contributed by atoms with Crippen molar-refractivity contribution in [3.05, 3.63) is 28.4 Å². The molecule has 0 saturated heterocycles. The summed E-state index contributed by atoms with van der Waals surface area (Å²) < 4.78 is 37.6. The predicted molar refractivity (Wildman–Crippen MR) is 52.7 cm³/mol. The Morgan fingerprint density at radius 1 is 1.27 bits per heavy atom. The summed E-state index contributed by atoms with van der Waals surface area (Å²) in [5.74, 6) is -0.181. The quantitative estimate of drug-likeness (QED) is 0.759. The van der Waals surface area contributed by atoms with E-state index in [0.717, 1.165) is 6.07 Å². The number of aromatic hydroxyl groups is 1. The smallest absolute Gasteiger partial charge is 0.431 e. The topological polar surface area (TPSA) is 36.0 Å². The molecule has 0 atom stereocenters. The second-order valence-electron chi connectivity index (χ2n) is 3.04. The van der Waals surface area contributed by atoms with Gasteiger partial charge in [0.15, 0.2) is 0 Å². The van der Waals surface area contributed by atoms with E-state index in [1.54, 1.807) is 0 Å². The minimum Gasteiger partial charge on any atom is -0.507 e. The summed E-state index contributed by atoms with van der Waals surface area (Å²) in [5.41, 5.74) is -0.637. The van der Waals surface area contributed by atoms with Gasteiger partial charge in [-0.1, -0.05) is 0 Å². The second kappa shape index (κ2) is 3.16. The first-order chi connectivity index (χ1) is 6.89. The van der Waals surface area contributed by atoms with Crippen LogP contribution >= 0.6 is 15.9 Å². The SMILES string of the molecule is Oc1ccc(Br)c2[nH]c(C(F)(F)F)cc12. The van der Waals surface area contributed by atoms with E-state index in [0.29, 0.717) is 4.47 Å². The molecule has 2 aromatic rings. The van der Waals surface area contributed by atoms with Gasteiger partial charge in [0.2, 0.25) is 0 Å². The number of H-pyrrole nitrogens is 1. The Labute approximate surface area is 90.8 Å². The standard InChI is InChI=1S/C9H5BrF3NO/c10-5-1-2-6(15)4-3-7(9(11,12)13)14-8(4)5/h1-3,14-15H. The van der Waals surface area contributed by atoms with E-state index in [4.69, 9.17) is 0 Å². The highest BCUT2D eigenvalue weighted by molar-refractivity contribution is 9.10. The van der Waals surface area contributed by atoms with Crippen molar-refractivity contribution in [3.8, 4) is 5.75 Å². The molecule has 0 aliphatic heterocycles. The van der Waals surface area contributed by atoms with Crippen molar-refractivity contribution in [2.45, 2.75) is 6.18 Å². The van der Waals surface area contributed by atoms with E-state index in [1.165, 1.54) is 12.1 Å². The van der Waals surface area contributed by atoms with Crippen molar-refractivity contribution in [1.29, 1.82) is 0 Å². The van der Waals surface area contributed by atoms with Gasteiger partial charge in [-0.25, -0.2) is 0 Å². The van der Waals surface area contributed by atoms with E-state index in [-0.39, 0.29) is 16.7 Å². The Balaban J connectivity index is 2.76. The lowest BCUT2D eigenvalue weighted by Gasteiger charge is -2.01. The van der Waals surface area contributed by atoms with Crippen LogP contribution < -0.4 is 0 Å². The fraction of sp³-hybridized carbons (Fsp3) is 0.111. The number of aromatic nitrogens is 1. The molecule has 1 aromatic carbocycles. The molecule has 0 spiro atoms. The molecule has 6 heteroatoms. The zero-order valence-electron chi connectivity index (χ0n) is 7.19. The maximum Gasteiger partial charge on any atom is 0.431 e. The van der Waals surface area contributed by atoms with Crippen LogP contribution in [0.3, 0.4) is 0 Å². The number of phenols is 1. The van der Waals surface area contributed by atoms with Crippen molar-refractivity contribution in [1.82, 2.24) is 4.98 Å². The van der Waals surface area contributed by atoms with Crippen LogP contribution in [0.4, 0.5) is 13.2 Å². The van der Waals surface area contributed by atoms with E-state index in [2.05, 4.69) is 20.9 Å². The van der Waals surface area contributed by atoms with Gasteiger partial charge in [0.1, 0.15) is 11.4 Å². The zero-order chi connectivity index (χ0) is 11.2. The number of aromatic amines is 1. The number of alkyl halides is 3. The van der Waals surface area contributed by atoms with Gasteiger partial charge < -0.3 is 10.1 Å². The lowest BCUT2D eigenvalue weighted by atomic mass is 10.2. The lowest BCUT2D eigenvalue weighted by molar-refractivity contribution is -0.140. The highest BCUT2D eigenvalue weighted by Crippen LogP contribution is 2.36. The molecule has 0 unspecified atom stereocenters. The van der Waals surface area contributed by atoms with Crippen LogP contribution in [0.15, 0.2) is 22.7 Å². The molecule has 0 radical (unpaired) electrons. The van der Waals surface area contributed by atoms with E-state index >= 15 is 0 Å². The van der Waals surface area contributed by atoms with Crippen LogP contribution in [0.1, 0.15) is 5.69 Å². The zero-order valence-corrected chi connectivity index (χ0v) is 8.78. The molecule has 2 rings (SSSR count). The van der Waals surface area contributed by atoms with Gasteiger partial charge in [0.25, 0.3) is 0 Å². The largest absolute Gasteiger partial charge is 0.507 e. The maximum absolute atomic E-state index is 12.4. The minimum absolute atomic E-state index is 0.150. The minimum atomic E-state index is -4.44. The van der Waals surface area contributed by atoms with Crippen LogP contribution in [0.2, 0.25) is 0 Å². The van der Waals surface area contributed by atoms with Crippen LogP contribution in [0.25, 0.3) is 10.9 Å². The molecule has 15 heavy (non-hydrogen) atoms. The lowest BCUT2D eigenvalue weighted by Crippen LogP contribution is -2.04. The number of hydrogen-bond acceptors (Lipinski definition) is 1. The summed E-state index contributed by atoms with van der Waals surface area (Å²) in [6.07, 6.45) is -4.44. The fourth-order valence-electron chi connectivity index (χ4n) is 1.32. The highest BCUT2D eigenvalue weighted by Gasteiger charge is 2.33. The molecule has 0 amide bonds. The van der Waals surface area contributed by atoms with Crippen LogP contribution in [-0.2, 0) is 6.18 Å². The van der Waals surface area contributed by atoms with Crippen LogP contribution in [0, 0.1) is 0 Å². The normalized spacial score (nSPS) is 12.3. The van der Waals surface area contributed by atoms with E-state index < -0.39 is 11.9 Å². The summed E-state index contributed by atoms with van der Waals surface area (Å²) in [7, 11) is 0. The monoisotopic (exact) mass is 279 g/mol. The number of halogens is 4. The Hall–Kier alpha value is -1.17. The van der Waals surface area contributed by atoms with Gasteiger partial charge in [-0.05, 0) is 34.1 Å². The van der Waals surface area contributed by atoms with E-state index in [9.17, 15) is 18.3 Å². The summed E-state index contributed by atoms with van der Waals surface area (Å²) in [4.78, 5) is 2.21. The second-order valence-corrected chi connectivity index (χ2v) is 3.89. The average Bonchev–Trinajstić information content (AvgIpc) is 2.56. The molecule has 0 fully saturated rings. The van der Waals surface area contributed by atoms with Gasteiger partial charge in [-0.2, -0.15) is 13.2 Å². The first kappa shape index (κ1) is 10.4. The number of nitrogens with one attached hydrogen (secondary N) is 1. The summed E-state index contributed by atoms with van der Waals surface area (Å²) in [6.45, 7) is 0. The first-order valence-electron chi connectivity index (χ1n) is 3.97. The van der Waals surface area contributed by atoms with Crippen molar-refractivity contribution in [2.24, 2.45) is 0 Å². The molecular formula is C9H5BrF3NO. The summed E-state index contributed by atoms with van der Waals surface area (Å²) in [5, 5.41) is 9.52. The van der Waals surface area contributed by atoms with Crippen LogP contribution in [-0.4, -0.2) is 10.1 Å². The molecule has 0 aliphatic carbocycles. The maximum atomic E-state index is 12.4. The molecule has 80 valence electrons. The molecule has 0 aliphatic rings. The van der Waals surface area contributed by atoms with Crippen molar-refractivity contribution < 1.29 is 18.3 Å². The molecule has 2 nitrogen and oxygen atoms in total. The molecule has 0 saturated carbocycles. The number of phenolic OH excluding ortho intramolecular Hbond substituents is 1. The number of rotatable bonds is 0. The Morgan fingerprint density at radius 2 is 1.93 bits per heavy atom. The first-order valence-corrected chi connectivity index (χ1v) is 4.76. The highest BCUT2D eigenvalue weighted by atomic mass is 79.9. The molecular weight excluding hydrogens is 275 g/mol. The third kappa shape index (κ3) is 1.69. The predicted octanol–water partition coefficient (Wildman–Crippen LogP) is 3.65.